The van der Waals surface area contributed by atoms with E-state index in [0.29, 0.717) is 16.4 Å². The van der Waals surface area contributed by atoms with Crippen molar-refractivity contribution < 1.29 is 14.0 Å². The molecule has 4 aromatic heterocycles. The van der Waals surface area contributed by atoms with Crippen LogP contribution < -0.4 is 10.6 Å². The second kappa shape index (κ2) is 7.89. The second-order valence-electron chi connectivity index (χ2n) is 5.77. The Morgan fingerprint density at radius 2 is 2.07 bits per heavy atom. The van der Waals surface area contributed by atoms with Gasteiger partial charge in [0.05, 0.1) is 16.1 Å². The van der Waals surface area contributed by atoms with Gasteiger partial charge in [0.1, 0.15) is 12.1 Å². The fraction of sp³-hybridized carbons (Fsp3) is 0.0526. The molecule has 0 aliphatic rings. The summed E-state index contributed by atoms with van der Waals surface area (Å²) in [6.45, 7) is 0.356. The first-order chi connectivity index (χ1) is 13.7. The van der Waals surface area contributed by atoms with Crippen LogP contribution in [0.4, 0.5) is 5.00 Å². The summed E-state index contributed by atoms with van der Waals surface area (Å²) in [6, 6.07) is 10.3. The third-order valence-electron chi connectivity index (χ3n) is 3.84. The second-order valence-corrected chi connectivity index (χ2v) is 6.85. The van der Waals surface area contributed by atoms with Gasteiger partial charge in [-0.15, -0.1) is 11.3 Å². The molecule has 0 saturated heterocycles. The van der Waals surface area contributed by atoms with Crippen molar-refractivity contribution in [2.45, 2.75) is 6.54 Å². The summed E-state index contributed by atoms with van der Waals surface area (Å²) >= 11 is 1.19. The minimum atomic E-state index is -0.359. The molecule has 4 heterocycles. The standard InChI is InChI=1S/C19H15N5O3S/c25-18(14-2-1-9-27-14)23-17-4-3-15(28-17)19(26)22-11-13-5-6-21-16(10-13)24-8-7-20-12-24/h1-10,12H,11H2,(H,22,26)(H,23,25). The molecule has 140 valence electrons. The Kier molecular flexibility index (Phi) is 4.98. The van der Waals surface area contributed by atoms with Gasteiger partial charge < -0.3 is 15.1 Å². The number of hydrogen-bond donors (Lipinski definition) is 2. The molecule has 9 heteroatoms. The van der Waals surface area contributed by atoms with E-state index in [1.807, 2.05) is 12.1 Å². The molecule has 2 amide bonds. The molecule has 0 spiro atoms. The topological polar surface area (TPSA) is 102 Å². The first kappa shape index (κ1) is 17.7. The van der Waals surface area contributed by atoms with Crippen LogP contribution in [0.2, 0.25) is 0 Å². The van der Waals surface area contributed by atoms with Gasteiger partial charge in [-0.2, -0.15) is 0 Å². The van der Waals surface area contributed by atoms with Crippen molar-refractivity contribution in [3.05, 3.63) is 83.8 Å². The lowest BCUT2D eigenvalue weighted by Crippen LogP contribution is -2.21. The van der Waals surface area contributed by atoms with Crippen LogP contribution in [0.25, 0.3) is 5.82 Å². The van der Waals surface area contributed by atoms with Crippen molar-refractivity contribution in [2.24, 2.45) is 0 Å². The predicted octanol–water partition coefficient (Wildman–Crippen LogP) is 3.10. The zero-order valence-electron chi connectivity index (χ0n) is 14.5. The van der Waals surface area contributed by atoms with E-state index in [1.165, 1.54) is 17.6 Å². The third-order valence-corrected chi connectivity index (χ3v) is 4.84. The molecule has 0 saturated carbocycles. The lowest BCUT2D eigenvalue weighted by Gasteiger charge is -2.06. The van der Waals surface area contributed by atoms with Gasteiger partial charge in [0, 0.05) is 25.1 Å². The maximum Gasteiger partial charge on any atom is 0.291 e. The molecule has 0 aliphatic carbocycles. The van der Waals surface area contributed by atoms with Crippen LogP contribution in [0, 0.1) is 0 Å². The van der Waals surface area contributed by atoms with Crippen molar-refractivity contribution in [2.75, 3.05) is 5.32 Å². The Labute approximate surface area is 163 Å². The van der Waals surface area contributed by atoms with Crippen LogP contribution in [-0.2, 0) is 6.54 Å². The number of amides is 2. The maximum atomic E-state index is 12.4. The van der Waals surface area contributed by atoms with Crippen LogP contribution in [0.15, 0.2) is 72.0 Å². The first-order valence-electron chi connectivity index (χ1n) is 8.35. The highest BCUT2D eigenvalue weighted by Crippen LogP contribution is 2.22. The highest BCUT2D eigenvalue weighted by Gasteiger charge is 2.13. The molecule has 2 N–H and O–H groups in total. The maximum absolute atomic E-state index is 12.4. The van der Waals surface area contributed by atoms with Crippen molar-refractivity contribution in [1.82, 2.24) is 19.9 Å². The van der Waals surface area contributed by atoms with Gasteiger partial charge in [-0.25, -0.2) is 9.97 Å². The van der Waals surface area contributed by atoms with Gasteiger partial charge in [-0.3, -0.25) is 14.2 Å². The molecule has 0 aromatic carbocycles. The number of imidazole rings is 1. The molecule has 28 heavy (non-hydrogen) atoms. The van der Waals surface area contributed by atoms with Crippen LogP contribution in [0.5, 0.6) is 0 Å². The molecule has 0 unspecified atom stereocenters. The number of pyridine rings is 1. The molecule has 4 aromatic rings. The number of anilines is 1. The van der Waals surface area contributed by atoms with Gasteiger partial charge >= 0.3 is 0 Å². The van der Waals surface area contributed by atoms with Gasteiger partial charge in [-0.05, 0) is 42.0 Å². The predicted molar refractivity (Wildman–Crippen MR) is 104 cm³/mol. The summed E-state index contributed by atoms with van der Waals surface area (Å²) in [5, 5.41) is 6.14. The van der Waals surface area contributed by atoms with E-state index in [2.05, 4.69) is 20.6 Å². The average Bonchev–Trinajstić information content (AvgIpc) is 3.48. The number of nitrogens with one attached hydrogen (secondary N) is 2. The molecule has 0 bridgehead atoms. The molecule has 0 aliphatic heterocycles. The normalized spacial score (nSPS) is 10.6. The Hall–Kier alpha value is -3.72. The van der Waals surface area contributed by atoms with Crippen molar-refractivity contribution in [3.63, 3.8) is 0 Å². The largest absolute Gasteiger partial charge is 0.459 e. The molecular weight excluding hydrogens is 378 g/mol. The smallest absolute Gasteiger partial charge is 0.291 e. The third kappa shape index (κ3) is 3.99. The number of aromatic nitrogens is 3. The Balaban J connectivity index is 1.36. The quantitative estimate of drug-likeness (QED) is 0.524. The summed E-state index contributed by atoms with van der Waals surface area (Å²) in [4.78, 5) is 33.2. The van der Waals surface area contributed by atoms with Crippen LogP contribution in [-0.4, -0.2) is 26.3 Å². The molecule has 8 nitrogen and oxygen atoms in total. The lowest BCUT2D eigenvalue weighted by molar-refractivity contribution is 0.0953. The zero-order valence-corrected chi connectivity index (χ0v) is 15.3. The number of thiophene rings is 1. The van der Waals surface area contributed by atoms with Crippen LogP contribution in [0.3, 0.4) is 0 Å². The molecule has 4 rings (SSSR count). The van der Waals surface area contributed by atoms with E-state index >= 15 is 0 Å². The summed E-state index contributed by atoms with van der Waals surface area (Å²) in [5.41, 5.74) is 0.912. The summed E-state index contributed by atoms with van der Waals surface area (Å²) in [5.74, 6) is 0.362. The van der Waals surface area contributed by atoms with E-state index in [1.54, 1.807) is 53.8 Å². The fourth-order valence-electron chi connectivity index (χ4n) is 2.48. The fourth-order valence-corrected chi connectivity index (χ4v) is 3.30. The van der Waals surface area contributed by atoms with Gasteiger partial charge in [0.25, 0.3) is 11.8 Å². The highest BCUT2D eigenvalue weighted by atomic mass is 32.1. The summed E-state index contributed by atoms with van der Waals surface area (Å²) in [7, 11) is 0. The summed E-state index contributed by atoms with van der Waals surface area (Å²) in [6.07, 6.45) is 8.25. The number of carbonyl (C=O) groups is 2. The minimum Gasteiger partial charge on any atom is -0.459 e. The zero-order chi connectivity index (χ0) is 19.3. The van der Waals surface area contributed by atoms with E-state index in [4.69, 9.17) is 4.42 Å². The first-order valence-corrected chi connectivity index (χ1v) is 9.17. The number of furan rings is 1. The van der Waals surface area contributed by atoms with Gasteiger partial charge in [0.2, 0.25) is 0 Å². The van der Waals surface area contributed by atoms with Gasteiger partial charge in [0.15, 0.2) is 5.76 Å². The van der Waals surface area contributed by atoms with E-state index in [-0.39, 0.29) is 17.6 Å². The van der Waals surface area contributed by atoms with Crippen LogP contribution >= 0.6 is 11.3 Å². The number of carbonyl (C=O) groups excluding carboxylic acids is 2. The molecule has 0 atom stereocenters. The molecule has 0 fully saturated rings. The van der Waals surface area contributed by atoms with Crippen molar-refractivity contribution in [3.8, 4) is 5.82 Å². The molecular formula is C19H15N5O3S. The highest BCUT2D eigenvalue weighted by molar-refractivity contribution is 7.18. The Bertz CT molecular complexity index is 1090. The lowest BCUT2D eigenvalue weighted by atomic mass is 10.2. The average molecular weight is 393 g/mol. The van der Waals surface area contributed by atoms with Crippen molar-refractivity contribution in [1.29, 1.82) is 0 Å². The monoisotopic (exact) mass is 393 g/mol. The van der Waals surface area contributed by atoms with Crippen LogP contribution in [0.1, 0.15) is 25.8 Å². The van der Waals surface area contributed by atoms with Crippen molar-refractivity contribution >= 4 is 28.2 Å². The number of nitrogens with zero attached hydrogens (tertiary/aromatic N) is 3. The Morgan fingerprint density at radius 1 is 1.14 bits per heavy atom. The Morgan fingerprint density at radius 3 is 2.86 bits per heavy atom. The number of rotatable bonds is 6. The van der Waals surface area contributed by atoms with Gasteiger partial charge in [-0.1, -0.05) is 0 Å². The van der Waals surface area contributed by atoms with E-state index in [9.17, 15) is 9.59 Å². The molecule has 0 radical (unpaired) electrons. The minimum absolute atomic E-state index is 0.214. The summed E-state index contributed by atoms with van der Waals surface area (Å²) < 4.78 is 6.84. The van der Waals surface area contributed by atoms with E-state index < -0.39 is 0 Å². The van der Waals surface area contributed by atoms with E-state index in [0.717, 1.165) is 11.4 Å². The SMILES string of the molecule is O=C(Nc1ccc(C(=O)NCc2ccnc(-n3ccnc3)c2)s1)c1ccco1. The number of hydrogen-bond acceptors (Lipinski definition) is 6.